The van der Waals surface area contributed by atoms with Crippen molar-refractivity contribution in [2.75, 3.05) is 12.0 Å². The number of para-hydroxylation sites is 1. The number of nitrogens with zero attached hydrogens (tertiary/aromatic N) is 1. The summed E-state index contributed by atoms with van der Waals surface area (Å²) in [5.41, 5.74) is 2.14. The van der Waals surface area contributed by atoms with Crippen LogP contribution in [0.5, 0.6) is 0 Å². The third kappa shape index (κ3) is 2.30. The first-order chi connectivity index (χ1) is 11.1. The highest BCUT2D eigenvalue weighted by Gasteiger charge is 2.44. The molecule has 0 bridgehead atoms. The van der Waals surface area contributed by atoms with Crippen molar-refractivity contribution in [3.05, 3.63) is 65.2 Å². The van der Waals surface area contributed by atoms with Gasteiger partial charge < -0.3 is 4.74 Å². The van der Waals surface area contributed by atoms with Gasteiger partial charge in [0.2, 0.25) is 0 Å². The predicted molar refractivity (Wildman–Crippen MR) is 84.2 cm³/mol. The molecule has 1 amide bonds. The molecular formula is C18H15NO4. The number of carbonyl (C=O) groups excluding carboxylic acids is 3. The Morgan fingerprint density at radius 1 is 1.04 bits per heavy atom. The van der Waals surface area contributed by atoms with Crippen molar-refractivity contribution in [3.63, 3.8) is 0 Å². The van der Waals surface area contributed by atoms with Gasteiger partial charge in [-0.15, -0.1) is 0 Å². The van der Waals surface area contributed by atoms with E-state index in [1.54, 1.807) is 49.4 Å². The lowest BCUT2D eigenvalue weighted by Gasteiger charge is -2.27. The molecule has 0 aromatic heterocycles. The van der Waals surface area contributed by atoms with Gasteiger partial charge in [-0.25, -0.2) is 4.79 Å². The molecule has 2 aromatic carbocycles. The number of aryl methyl sites for hydroxylation is 1. The number of ketones is 1. The minimum atomic E-state index is -0.986. The van der Waals surface area contributed by atoms with E-state index < -0.39 is 23.7 Å². The molecule has 0 radical (unpaired) electrons. The molecule has 1 unspecified atom stereocenters. The van der Waals surface area contributed by atoms with Crippen molar-refractivity contribution < 1.29 is 19.1 Å². The fraction of sp³-hybridized carbons (Fsp3) is 0.167. The second kappa shape index (κ2) is 5.68. The van der Waals surface area contributed by atoms with Crippen molar-refractivity contribution in [1.82, 2.24) is 0 Å². The van der Waals surface area contributed by atoms with E-state index in [4.69, 9.17) is 4.74 Å². The van der Waals surface area contributed by atoms with Crippen LogP contribution in [0, 0.1) is 6.92 Å². The largest absolute Gasteiger partial charge is 0.467 e. The first-order valence-corrected chi connectivity index (χ1v) is 7.16. The summed E-state index contributed by atoms with van der Waals surface area (Å²) < 4.78 is 4.87. The Hall–Kier alpha value is -2.95. The molecule has 116 valence electrons. The van der Waals surface area contributed by atoms with E-state index in [0.717, 1.165) is 5.56 Å². The van der Waals surface area contributed by atoms with E-state index in [-0.39, 0.29) is 0 Å². The zero-order valence-electron chi connectivity index (χ0n) is 12.8. The minimum absolute atomic E-state index is 0.319. The molecule has 1 aliphatic heterocycles. The number of ether oxygens (including phenoxy) is 1. The van der Waals surface area contributed by atoms with Crippen LogP contribution >= 0.6 is 0 Å². The Kier molecular flexibility index (Phi) is 3.70. The zero-order valence-corrected chi connectivity index (χ0v) is 12.8. The van der Waals surface area contributed by atoms with Gasteiger partial charge in [0.1, 0.15) is 0 Å². The molecule has 0 N–H and O–H groups in total. The molecule has 5 heteroatoms. The molecule has 5 nitrogen and oxygen atoms in total. The van der Waals surface area contributed by atoms with E-state index in [2.05, 4.69) is 0 Å². The Balaban J connectivity index is 2.20. The van der Waals surface area contributed by atoms with E-state index in [1.807, 2.05) is 6.07 Å². The van der Waals surface area contributed by atoms with Crippen LogP contribution in [0.1, 0.15) is 27.5 Å². The summed E-state index contributed by atoms with van der Waals surface area (Å²) in [6.45, 7) is 1.80. The number of hydrogen-bond donors (Lipinski definition) is 0. The fourth-order valence-corrected chi connectivity index (χ4v) is 2.87. The maximum Gasteiger partial charge on any atom is 0.333 e. The number of methoxy groups -OCH3 is 1. The molecule has 1 atom stereocenters. The van der Waals surface area contributed by atoms with Crippen LogP contribution in [0.3, 0.4) is 0 Å². The second-order valence-corrected chi connectivity index (χ2v) is 5.31. The molecule has 0 saturated heterocycles. The summed E-state index contributed by atoms with van der Waals surface area (Å²) in [5, 5.41) is 0. The molecule has 0 saturated carbocycles. The second-order valence-electron chi connectivity index (χ2n) is 5.31. The monoisotopic (exact) mass is 309 g/mol. The molecule has 1 heterocycles. The van der Waals surface area contributed by atoms with E-state index in [9.17, 15) is 14.4 Å². The topological polar surface area (TPSA) is 63.7 Å². The van der Waals surface area contributed by atoms with E-state index >= 15 is 0 Å². The van der Waals surface area contributed by atoms with Gasteiger partial charge in [0, 0.05) is 0 Å². The van der Waals surface area contributed by atoms with Crippen molar-refractivity contribution in [2.24, 2.45) is 0 Å². The summed E-state index contributed by atoms with van der Waals surface area (Å²) >= 11 is 0. The predicted octanol–water partition coefficient (Wildman–Crippen LogP) is 2.44. The highest BCUT2D eigenvalue weighted by Crippen LogP contribution is 2.38. The number of esters is 1. The SMILES string of the molecule is COC(=O)C(c1ccccc1)N1C(=O)C(=O)c2cccc(C)c21. The lowest BCUT2D eigenvalue weighted by Crippen LogP contribution is -2.39. The van der Waals surface area contributed by atoms with Crippen LogP contribution in [0.2, 0.25) is 0 Å². The number of rotatable bonds is 3. The van der Waals surface area contributed by atoms with Crippen LogP contribution in [0.15, 0.2) is 48.5 Å². The quantitative estimate of drug-likeness (QED) is 0.645. The number of fused-ring (bicyclic) bond motifs is 1. The van der Waals surface area contributed by atoms with E-state index in [0.29, 0.717) is 16.8 Å². The summed E-state index contributed by atoms with van der Waals surface area (Å²) in [5.74, 6) is -1.91. The zero-order chi connectivity index (χ0) is 16.6. The number of amides is 1. The lowest BCUT2D eigenvalue weighted by molar-refractivity contribution is -0.143. The number of hydrogen-bond acceptors (Lipinski definition) is 4. The van der Waals surface area contributed by atoms with Crippen molar-refractivity contribution in [2.45, 2.75) is 13.0 Å². The maximum atomic E-state index is 12.5. The van der Waals surface area contributed by atoms with Crippen molar-refractivity contribution in [1.29, 1.82) is 0 Å². The highest BCUT2D eigenvalue weighted by atomic mass is 16.5. The molecular weight excluding hydrogens is 294 g/mol. The fourth-order valence-electron chi connectivity index (χ4n) is 2.87. The maximum absolute atomic E-state index is 12.5. The van der Waals surface area contributed by atoms with Crippen LogP contribution in [-0.2, 0) is 14.3 Å². The first kappa shape index (κ1) is 15.0. The Morgan fingerprint density at radius 2 is 1.74 bits per heavy atom. The number of carbonyl (C=O) groups is 3. The molecule has 0 spiro atoms. The molecule has 1 aliphatic rings. The highest BCUT2D eigenvalue weighted by molar-refractivity contribution is 6.53. The van der Waals surface area contributed by atoms with E-state index in [1.165, 1.54) is 12.0 Å². The van der Waals surface area contributed by atoms with Gasteiger partial charge in [-0.05, 0) is 24.1 Å². The molecule has 0 fully saturated rings. The number of anilines is 1. The summed E-state index contributed by atoms with van der Waals surface area (Å²) in [4.78, 5) is 38.4. The van der Waals surface area contributed by atoms with Gasteiger partial charge in [0.05, 0.1) is 18.4 Å². The standard InChI is InChI=1S/C18H15NO4/c1-11-7-6-10-13-14(11)19(17(21)16(13)20)15(18(22)23-2)12-8-4-3-5-9-12/h3-10,15H,1-2H3. The average molecular weight is 309 g/mol. The van der Waals surface area contributed by atoms with Gasteiger partial charge in [-0.1, -0.05) is 42.5 Å². The van der Waals surface area contributed by atoms with Crippen LogP contribution in [0.4, 0.5) is 5.69 Å². The minimum Gasteiger partial charge on any atom is -0.467 e. The number of Topliss-reactive ketones (excluding diaryl/α,β-unsaturated/α-hetero) is 1. The third-order valence-electron chi connectivity index (χ3n) is 3.93. The Labute approximate surface area is 133 Å². The van der Waals surface area contributed by atoms with Crippen LogP contribution < -0.4 is 4.90 Å². The van der Waals surface area contributed by atoms with Gasteiger partial charge in [0.15, 0.2) is 6.04 Å². The smallest absolute Gasteiger partial charge is 0.333 e. The number of benzene rings is 2. The normalized spacial score (nSPS) is 14.6. The molecule has 3 rings (SSSR count). The van der Waals surface area contributed by atoms with Crippen molar-refractivity contribution in [3.8, 4) is 0 Å². The van der Waals surface area contributed by atoms with Gasteiger partial charge in [-0.2, -0.15) is 0 Å². The Bertz CT molecular complexity index is 798. The molecule has 0 aliphatic carbocycles. The van der Waals surface area contributed by atoms with Crippen LogP contribution in [0.25, 0.3) is 0 Å². The lowest BCUT2D eigenvalue weighted by atomic mass is 10.0. The van der Waals surface area contributed by atoms with Gasteiger partial charge >= 0.3 is 11.9 Å². The van der Waals surface area contributed by atoms with Crippen LogP contribution in [-0.4, -0.2) is 24.8 Å². The molecule has 23 heavy (non-hydrogen) atoms. The first-order valence-electron chi connectivity index (χ1n) is 7.16. The summed E-state index contributed by atoms with van der Waals surface area (Å²) in [6, 6.07) is 13.0. The summed E-state index contributed by atoms with van der Waals surface area (Å²) in [7, 11) is 1.26. The van der Waals surface area contributed by atoms with Gasteiger partial charge in [-0.3, -0.25) is 14.5 Å². The third-order valence-corrected chi connectivity index (χ3v) is 3.93. The average Bonchev–Trinajstić information content (AvgIpc) is 2.82. The van der Waals surface area contributed by atoms with Crippen molar-refractivity contribution >= 4 is 23.3 Å². The Morgan fingerprint density at radius 3 is 2.39 bits per heavy atom. The molecule has 2 aromatic rings. The van der Waals surface area contributed by atoms with Gasteiger partial charge in [0.25, 0.3) is 5.78 Å². The summed E-state index contributed by atoms with van der Waals surface area (Å²) in [6.07, 6.45) is 0.